The van der Waals surface area contributed by atoms with E-state index < -0.39 is 0 Å². The van der Waals surface area contributed by atoms with Crippen LogP contribution in [0.3, 0.4) is 0 Å². The molecule has 1 aromatic rings. The molecule has 5 nitrogen and oxygen atoms in total. The molecule has 3 atom stereocenters. The van der Waals surface area contributed by atoms with Gasteiger partial charge in [0.1, 0.15) is 5.82 Å². The molecule has 29 heavy (non-hydrogen) atoms. The molecule has 1 aliphatic carbocycles. The SMILES string of the molecule is O=C(C1C=C(C2CCN(Cc3ncc[nH]3)CC2)SC1)N1CCCC2CCCCC21. The Labute approximate surface area is 178 Å². The fraction of sp³-hybridized carbons (Fsp3) is 0.739. The number of aromatic nitrogens is 2. The number of hydrogen-bond donors (Lipinski definition) is 1. The monoisotopic (exact) mass is 414 g/mol. The molecule has 158 valence electrons. The van der Waals surface area contributed by atoms with Crippen molar-refractivity contribution in [1.82, 2.24) is 19.8 Å². The van der Waals surface area contributed by atoms with E-state index in [1.807, 2.05) is 24.2 Å². The molecule has 0 radical (unpaired) electrons. The van der Waals surface area contributed by atoms with E-state index in [4.69, 9.17) is 0 Å². The quantitative estimate of drug-likeness (QED) is 0.808. The fourth-order valence-corrected chi connectivity index (χ4v) is 7.30. The normalized spacial score (nSPS) is 31.5. The van der Waals surface area contributed by atoms with Crippen molar-refractivity contribution in [2.75, 3.05) is 25.4 Å². The lowest BCUT2D eigenvalue weighted by molar-refractivity contribution is -0.139. The molecule has 0 aromatic carbocycles. The summed E-state index contributed by atoms with van der Waals surface area (Å²) in [4.78, 5) is 27.2. The summed E-state index contributed by atoms with van der Waals surface area (Å²) in [5, 5.41) is 0. The largest absolute Gasteiger partial charge is 0.348 e. The summed E-state index contributed by atoms with van der Waals surface area (Å²) in [6, 6.07) is 0.539. The third-order valence-electron chi connectivity index (χ3n) is 7.56. The Balaban J connectivity index is 1.17. The number of rotatable bonds is 4. The number of piperidine rings is 2. The van der Waals surface area contributed by atoms with Crippen molar-refractivity contribution >= 4 is 17.7 Å². The molecule has 3 aliphatic heterocycles. The predicted octanol–water partition coefficient (Wildman–Crippen LogP) is 4.05. The molecule has 4 aliphatic rings. The number of likely N-dealkylation sites (tertiary alicyclic amines) is 2. The molecule has 1 aromatic heterocycles. The van der Waals surface area contributed by atoms with Gasteiger partial charge in [0.2, 0.25) is 5.91 Å². The number of allylic oxidation sites excluding steroid dienone is 1. The van der Waals surface area contributed by atoms with Crippen LogP contribution in [0.4, 0.5) is 0 Å². The van der Waals surface area contributed by atoms with Gasteiger partial charge in [-0.3, -0.25) is 9.69 Å². The molecule has 4 heterocycles. The highest BCUT2D eigenvalue weighted by atomic mass is 32.2. The van der Waals surface area contributed by atoms with E-state index in [9.17, 15) is 4.79 Å². The second-order valence-electron chi connectivity index (χ2n) is 9.36. The van der Waals surface area contributed by atoms with Crippen LogP contribution >= 0.6 is 11.8 Å². The lowest BCUT2D eigenvalue weighted by Gasteiger charge is -2.44. The second-order valence-corrected chi connectivity index (χ2v) is 10.5. The number of nitrogens with one attached hydrogen (secondary N) is 1. The molecule has 5 rings (SSSR count). The van der Waals surface area contributed by atoms with Crippen LogP contribution < -0.4 is 0 Å². The number of carbonyl (C=O) groups is 1. The topological polar surface area (TPSA) is 52.2 Å². The summed E-state index contributed by atoms with van der Waals surface area (Å²) < 4.78 is 0. The van der Waals surface area contributed by atoms with E-state index in [1.165, 1.54) is 56.3 Å². The first-order chi connectivity index (χ1) is 14.3. The Hall–Kier alpha value is -1.27. The minimum atomic E-state index is 0.122. The van der Waals surface area contributed by atoms with Gasteiger partial charge in [-0.25, -0.2) is 4.98 Å². The van der Waals surface area contributed by atoms with Crippen molar-refractivity contribution in [3.05, 3.63) is 29.2 Å². The van der Waals surface area contributed by atoms with E-state index >= 15 is 0 Å². The summed E-state index contributed by atoms with van der Waals surface area (Å²) in [5.74, 6) is 4.00. The highest BCUT2D eigenvalue weighted by molar-refractivity contribution is 8.03. The third kappa shape index (κ3) is 4.29. The van der Waals surface area contributed by atoms with E-state index in [-0.39, 0.29) is 5.92 Å². The van der Waals surface area contributed by atoms with Crippen LogP contribution in [-0.4, -0.2) is 57.1 Å². The Morgan fingerprint density at radius 3 is 2.76 bits per heavy atom. The molecule has 0 bridgehead atoms. The van der Waals surface area contributed by atoms with Gasteiger partial charge in [-0.15, -0.1) is 11.8 Å². The highest BCUT2D eigenvalue weighted by Crippen LogP contribution is 2.41. The summed E-state index contributed by atoms with van der Waals surface area (Å²) in [5.41, 5.74) is 0. The third-order valence-corrected chi connectivity index (χ3v) is 8.89. The van der Waals surface area contributed by atoms with Crippen molar-refractivity contribution in [2.24, 2.45) is 17.8 Å². The zero-order valence-electron chi connectivity index (χ0n) is 17.4. The number of H-pyrrole nitrogens is 1. The van der Waals surface area contributed by atoms with E-state index in [2.05, 4.69) is 25.8 Å². The van der Waals surface area contributed by atoms with Gasteiger partial charge in [-0.05, 0) is 68.4 Å². The van der Waals surface area contributed by atoms with Crippen LogP contribution in [-0.2, 0) is 11.3 Å². The standard InChI is InChI=1S/C23H34N4OS/c28-23(27-11-3-5-17-4-1-2-6-20(17)27)19-14-21(29-16-19)18-7-12-26(13-8-18)15-22-24-9-10-25-22/h9-10,14,17-20H,1-8,11-13,15-16H2,(H,24,25). The molecule has 0 spiro atoms. The van der Waals surface area contributed by atoms with E-state index in [0.717, 1.165) is 43.7 Å². The van der Waals surface area contributed by atoms with Gasteiger partial charge in [0.05, 0.1) is 12.5 Å². The maximum Gasteiger partial charge on any atom is 0.230 e. The summed E-state index contributed by atoms with van der Waals surface area (Å²) in [7, 11) is 0. The number of hydrogen-bond acceptors (Lipinski definition) is 4. The summed E-state index contributed by atoms with van der Waals surface area (Å²) >= 11 is 1.96. The van der Waals surface area contributed by atoms with Gasteiger partial charge in [0, 0.05) is 30.7 Å². The molecule has 3 unspecified atom stereocenters. The number of fused-ring (bicyclic) bond motifs is 1. The van der Waals surface area contributed by atoms with Crippen LogP contribution in [0.1, 0.15) is 57.2 Å². The predicted molar refractivity (Wildman–Crippen MR) is 117 cm³/mol. The average Bonchev–Trinajstić information content (AvgIpc) is 3.46. The Morgan fingerprint density at radius 1 is 1.10 bits per heavy atom. The van der Waals surface area contributed by atoms with Crippen LogP contribution in [0.25, 0.3) is 0 Å². The van der Waals surface area contributed by atoms with Crippen LogP contribution in [0.2, 0.25) is 0 Å². The molecule has 3 fully saturated rings. The van der Waals surface area contributed by atoms with Gasteiger partial charge in [-0.2, -0.15) is 0 Å². The second kappa shape index (κ2) is 8.84. The number of amides is 1. The van der Waals surface area contributed by atoms with E-state index in [1.54, 1.807) is 0 Å². The maximum atomic E-state index is 13.4. The minimum Gasteiger partial charge on any atom is -0.348 e. The van der Waals surface area contributed by atoms with Crippen LogP contribution in [0.15, 0.2) is 23.4 Å². The van der Waals surface area contributed by atoms with Gasteiger partial charge < -0.3 is 9.88 Å². The fourth-order valence-electron chi connectivity index (χ4n) is 5.96. The number of aromatic amines is 1. The summed E-state index contributed by atoms with van der Waals surface area (Å²) in [6.45, 7) is 4.16. The average molecular weight is 415 g/mol. The molecule has 1 amide bonds. The number of imidazole rings is 1. The smallest absolute Gasteiger partial charge is 0.230 e. The van der Waals surface area contributed by atoms with Gasteiger partial charge in [-0.1, -0.05) is 18.9 Å². The molecule has 1 N–H and O–H groups in total. The lowest BCUT2D eigenvalue weighted by Crippen LogP contribution is -2.51. The molecular formula is C23H34N4OS. The van der Waals surface area contributed by atoms with Gasteiger partial charge in [0.15, 0.2) is 0 Å². The van der Waals surface area contributed by atoms with Crippen molar-refractivity contribution in [3.8, 4) is 0 Å². The van der Waals surface area contributed by atoms with Gasteiger partial charge in [0.25, 0.3) is 0 Å². The van der Waals surface area contributed by atoms with Crippen molar-refractivity contribution in [2.45, 2.75) is 64.0 Å². The Bertz CT molecular complexity index is 723. The summed E-state index contributed by atoms with van der Waals surface area (Å²) in [6.07, 6.45) is 16.3. The van der Waals surface area contributed by atoms with E-state index in [0.29, 0.717) is 17.9 Å². The highest BCUT2D eigenvalue weighted by Gasteiger charge is 2.39. The van der Waals surface area contributed by atoms with Crippen molar-refractivity contribution in [3.63, 3.8) is 0 Å². The molecule has 2 saturated heterocycles. The van der Waals surface area contributed by atoms with Crippen molar-refractivity contribution < 1.29 is 4.79 Å². The number of nitrogens with zero attached hydrogens (tertiary/aromatic N) is 3. The molecular weight excluding hydrogens is 380 g/mol. The Morgan fingerprint density at radius 2 is 1.93 bits per heavy atom. The first-order valence-electron chi connectivity index (χ1n) is 11.6. The first kappa shape index (κ1) is 19.7. The van der Waals surface area contributed by atoms with Gasteiger partial charge >= 0.3 is 0 Å². The molecule has 6 heteroatoms. The maximum absolute atomic E-state index is 13.4. The number of carbonyl (C=O) groups excluding carboxylic acids is 1. The van der Waals surface area contributed by atoms with Crippen molar-refractivity contribution in [1.29, 1.82) is 0 Å². The molecule has 1 saturated carbocycles. The zero-order valence-corrected chi connectivity index (χ0v) is 18.2. The first-order valence-corrected chi connectivity index (χ1v) is 12.6. The minimum absolute atomic E-state index is 0.122. The van der Waals surface area contributed by atoms with Crippen LogP contribution in [0.5, 0.6) is 0 Å². The Kier molecular flexibility index (Phi) is 6.00. The zero-order chi connectivity index (χ0) is 19.6. The number of thioether (sulfide) groups is 1. The lowest BCUT2D eigenvalue weighted by atomic mass is 9.78. The van der Waals surface area contributed by atoms with Crippen LogP contribution in [0, 0.1) is 17.8 Å².